The minimum absolute atomic E-state index is 0.0459. The van der Waals surface area contributed by atoms with Crippen LogP contribution < -0.4 is 0 Å². The van der Waals surface area contributed by atoms with Crippen molar-refractivity contribution in [2.45, 2.75) is 63.7 Å². The Balaban J connectivity index is 1.75. The van der Waals surface area contributed by atoms with Gasteiger partial charge in [-0.2, -0.15) is 0 Å². The van der Waals surface area contributed by atoms with E-state index in [4.69, 9.17) is 4.74 Å². The van der Waals surface area contributed by atoms with Crippen molar-refractivity contribution in [1.29, 1.82) is 0 Å². The molecule has 4 rings (SSSR count). The SMILES string of the molecule is C[C@H]1C[C@H](O)[C@@]2(CCCN3CCC[C@@H]32)[C@@H]2CC(=O)O[C@H]21. The summed E-state index contributed by atoms with van der Waals surface area (Å²) in [5.74, 6) is 0.485. The molecule has 6 atom stereocenters. The maximum absolute atomic E-state index is 11.9. The van der Waals surface area contributed by atoms with Crippen LogP contribution in [0.1, 0.15) is 45.4 Å². The van der Waals surface area contributed by atoms with Crippen molar-refractivity contribution >= 4 is 5.97 Å². The molecule has 3 saturated heterocycles. The van der Waals surface area contributed by atoms with Gasteiger partial charge in [-0.15, -0.1) is 0 Å². The summed E-state index contributed by atoms with van der Waals surface area (Å²) in [6, 6.07) is 0.473. The molecular weight excluding hydrogens is 254 g/mol. The first-order valence-corrected chi connectivity index (χ1v) is 8.24. The van der Waals surface area contributed by atoms with Gasteiger partial charge in [-0.25, -0.2) is 0 Å². The van der Waals surface area contributed by atoms with Gasteiger partial charge in [0.25, 0.3) is 0 Å². The minimum Gasteiger partial charge on any atom is -0.462 e. The lowest BCUT2D eigenvalue weighted by atomic mass is 9.54. The number of hydrogen-bond donors (Lipinski definition) is 1. The molecule has 4 aliphatic rings. The summed E-state index contributed by atoms with van der Waals surface area (Å²) in [4.78, 5) is 14.4. The number of ether oxygens (including phenoxy) is 1. The normalized spacial score (nSPS) is 51.9. The maximum Gasteiger partial charge on any atom is 0.306 e. The third-order valence-electron chi connectivity index (χ3n) is 6.56. The first-order chi connectivity index (χ1) is 9.63. The van der Waals surface area contributed by atoms with Crippen LogP contribution in [0.3, 0.4) is 0 Å². The van der Waals surface area contributed by atoms with Crippen molar-refractivity contribution in [2.75, 3.05) is 13.1 Å². The molecule has 20 heavy (non-hydrogen) atoms. The lowest BCUT2D eigenvalue weighted by Crippen LogP contribution is -2.63. The molecule has 4 nitrogen and oxygen atoms in total. The van der Waals surface area contributed by atoms with Gasteiger partial charge in [0.2, 0.25) is 0 Å². The molecule has 1 spiro atoms. The molecule has 0 aromatic heterocycles. The molecule has 0 aromatic carbocycles. The van der Waals surface area contributed by atoms with Gasteiger partial charge in [0, 0.05) is 17.4 Å². The molecule has 4 heteroatoms. The van der Waals surface area contributed by atoms with Gasteiger partial charge in [-0.05, 0) is 51.1 Å². The van der Waals surface area contributed by atoms with Crippen LogP contribution in [0.15, 0.2) is 0 Å². The first kappa shape index (κ1) is 13.1. The Morgan fingerprint density at radius 2 is 2.15 bits per heavy atom. The van der Waals surface area contributed by atoms with Crippen molar-refractivity contribution in [3.05, 3.63) is 0 Å². The van der Waals surface area contributed by atoms with E-state index in [1.807, 2.05) is 0 Å². The number of aliphatic hydroxyl groups excluding tert-OH is 1. The summed E-state index contributed by atoms with van der Waals surface area (Å²) in [5.41, 5.74) is -0.0852. The number of hydrogen-bond acceptors (Lipinski definition) is 4. The van der Waals surface area contributed by atoms with Gasteiger partial charge in [0.15, 0.2) is 0 Å². The second-order valence-electron chi connectivity index (χ2n) is 7.40. The third-order valence-corrected chi connectivity index (χ3v) is 6.56. The number of carbonyl (C=O) groups is 1. The van der Waals surface area contributed by atoms with Gasteiger partial charge in [0.1, 0.15) is 6.10 Å². The molecule has 0 amide bonds. The summed E-state index contributed by atoms with van der Waals surface area (Å²) in [6.45, 7) is 4.46. The summed E-state index contributed by atoms with van der Waals surface area (Å²) in [7, 11) is 0. The number of carbonyl (C=O) groups excluding carboxylic acids is 1. The van der Waals surface area contributed by atoms with Crippen LogP contribution in [0.2, 0.25) is 0 Å². The van der Waals surface area contributed by atoms with Crippen molar-refractivity contribution in [2.24, 2.45) is 17.3 Å². The average Bonchev–Trinajstić information content (AvgIpc) is 3.03. The smallest absolute Gasteiger partial charge is 0.306 e. The highest BCUT2D eigenvalue weighted by Gasteiger charge is 2.63. The number of aliphatic hydroxyl groups is 1. The average molecular weight is 279 g/mol. The highest BCUT2D eigenvalue weighted by atomic mass is 16.6. The summed E-state index contributed by atoms with van der Waals surface area (Å²) < 4.78 is 5.63. The second-order valence-corrected chi connectivity index (χ2v) is 7.40. The van der Waals surface area contributed by atoms with Gasteiger partial charge in [-0.1, -0.05) is 6.92 Å². The lowest BCUT2D eigenvalue weighted by Gasteiger charge is -2.57. The van der Waals surface area contributed by atoms with E-state index in [2.05, 4.69) is 11.8 Å². The van der Waals surface area contributed by atoms with Crippen molar-refractivity contribution in [3.8, 4) is 0 Å². The Labute approximate surface area is 120 Å². The number of rotatable bonds is 0. The van der Waals surface area contributed by atoms with E-state index < -0.39 is 0 Å². The van der Waals surface area contributed by atoms with Gasteiger partial charge in [0.05, 0.1) is 12.5 Å². The largest absolute Gasteiger partial charge is 0.462 e. The Bertz CT molecular complexity index is 426. The first-order valence-electron chi connectivity index (χ1n) is 8.24. The zero-order chi connectivity index (χ0) is 13.9. The van der Waals surface area contributed by atoms with Crippen molar-refractivity contribution in [1.82, 2.24) is 4.90 Å². The van der Waals surface area contributed by atoms with Crippen LogP contribution in [-0.4, -0.2) is 47.3 Å². The minimum atomic E-state index is -0.265. The topological polar surface area (TPSA) is 49.8 Å². The van der Waals surface area contributed by atoms with Crippen LogP contribution >= 0.6 is 0 Å². The van der Waals surface area contributed by atoms with Crippen LogP contribution in [-0.2, 0) is 9.53 Å². The number of fused-ring (bicyclic) bond motifs is 4. The zero-order valence-corrected chi connectivity index (χ0v) is 12.3. The summed E-state index contributed by atoms with van der Waals surface area (Å²) in [5, 5.41) is 10.9. The molecule has 112 valence electrons. The highest BCUT2D eigenvalue weighted by molar-refractivity contribution is 5.72. The predicted octanol–water partition coefficient (Wildman–Crippen LogP) is 1.56. The predicted molar refractivity (Wildman–Crippen MR) is 74.0 cm³/mol. The van der Waals surface area contributed by atoms with Crippen molar-refractivity contribution < 1.29 is 14.6 Å². The molecule has 0 radical (unpaired) electrons. The van der Waals surface area contributed by atoms with Crippen LogP contribution in [0, 0.1) is 17.3 Å². The van der Waals surface area contributed by atoms with Crippen molar-refractivity contribution in [3.63, 3.8) is 0 Å². The monoisotopic (exact) mass is 279 g/mol. The van der Waals surface area contributed by atoms with Crippen LogP contribution in [0.5, 0.6) is 0 Å². The van der Waals surface area contributed by atoms with Gasteiger partial charge < -0.3 is 9.84 Å². The fraction of sp³-hybridized carbons (Fsp3) is 0.938. The van der Waals surface area contributed by atoms with Gasteiger partial charge >= 0.3 is 5.97 Å². The quantitative estimate of drug-likeness (QED) is 0.684. The van der Waals surface area contributed by atoms with E-state index >= 15 is 0 Å². The Hall–Kier alpha value is -0.610. The lowest BCUT2D eigenvalue weighted by molar-refractivity contribution is -0.167. The van der Waals surface area contributed by atoms with Crippen LogP contribution in [0.4, 0.5) is 0 Å². The standard InChI is InChI=1S/C16H25NO3/c1-10-8-13(18)16(11-9-14(19)20-15(10)11)5-3-7-17-6-2-4-12(16)17/h10-13,15,18H,2-9H2,1H3/t10-,11+,12+,13-,15-,16-/m0/s1. The summed E-state index contributed by atoms with van der Waals surface area (Å²) >= 11 is 0. The van der Waals surface area contributed by atoms with E-state index in [9.17, 15) is 9.90 Å². The summed E-state index contributed by atoms with van der Waals surface area (Å²) in [6.07, 6.45) is 5.74. The fourth-order valence-corrected chi connectivity index (χ4v) is 5.82. The number of piperidine rings is 1. The van der Waals surface area contributed by atoms with Crippen LogP contribution in [0.25, 0.3) is 0 Å². The molecule has 1 saturated carbocycles. The Morgan fingerprint density at radius 1 is 1.35 bits per heavy atom. The molecule has 1 aliphatic carbocycles. The molecule has 0 bridgehead atoms. The second kappa shape index (κ2) is 4.44. The maximum atomic E-state index is 11.9. The molecule has 1 N–H and O–H groups in total. The fourth-order valence-electron chi connectivity index (χ4n) is 5.82. The Kier molecular flexibility index (Phi) is 2.90. The van der Waals surface area contributed by atoms with E-state index in [1.54, 1.807) is 0 Å². The molecule has 3 heterocycles. The number of nitrogens with zero attached hydrogens (tertiary/aromatic N) is 1. The molecule has 0 unspecified atom stereocenters. The van der Waals surface area contributed by atoms with E-state index in [0.717, 1.165) is 19.3 Å². The molecule has 0 aromatic rings. The molecule has 4 fully saturated rings. The third kappa shape index (κ3) is 1.58. The Morgan fingerprint density at radius 3 is 3.00 bits per heavy atom. The zero-order valence-electron chi connectivity index (χ0n) is 12.3. The highest BCUT2D eigenvalue weighted by Crippen LogP contribution is 2.58. The number of esters is 1. The van der Waals surface area contributed by atoms with E-state index in [1.165, 1.54) is 25.9 Å². The van der Waals surface area contributed by atoms with E-state index in [-0.39, 0.29) is 29.5 Å². The molecule has 3 aliphatic heterocycles. The molecular formula is C16H25NO3. The van der Waals surface area contributed by atoms with Gasteiger partial charge in [-0.3, -0.25) is 9.69 Å². The van der Waals surface area contributed by atoms with E-state index in [0.29, 0.717) is 18.4 Å².